The average Bonchev–Trinajstić information content (AvgIpc) is 3.30. The van der Waals surface area contributed by atoms with Crippen LogP contribution in [0.2, 0.25) is 0 Å². The number of carbonyl (C=O) groups excluding carboxylic acids is 4. The van der Waals surface area contributed by atoms with Gasteiger partial charge in [-0.2, -0.15) is 4.98 Å². The van der Waals surface area contributed by atoms with Crippen molar-refractivity contribution in [1.29, 1.82) is 0 Å². The van der Waals surface area contributed by atoms with Crippen LogP contribution in [0.4, 0.5) is 5.95 Å². The summed E-state index contributed by atoms with van der Waals surface area (Å²) >= 11 is 0. The molecular weight excluding hydrogens is 482 g/mol. The van der Waals surface area contributed by atoms with Crippen LogP contribution in [0.1, 0.15) is 75.3 Å². The lowest BCUT2D eigenvalue weighted by molar-refractivity contribution is -0.132. The van der Waals surface area contributed by atoms with Gasteiger partial charge in [0.15, 0.2) is 5.96 Å². The molecule has 1 aliphatic rings. The predicted octanol–water partition coefficient (Wildman–Crippen LogP) is -1.63. The zero-order valence-electron chi connectivity index (χ0n) is 21.2. The fraction of sp³-hybridized carbons (Fsp3) is 0.682. The molecule has 15 nitrogen and oxygen atoms in total. The molecule has 0 radical (unpaired) electrons. The van der Waals surface area contributed by atoms with E-state index in [0.29, 0.717) is 12.8 Å². The maximum absolute atomic E-state index is 13.4. The van der Waals surface area contributed by atoms with Crippen molar-refractivity contribution in [3.05, 3.63) is 5.82 Å². The normalized spacial score (nSPS) is 16.1. The van der Waals surface area contributed by atoms with E-state index in [2.05, 4.69) is 36.1 Å². The van der Waals surface area contributed by atoms with Crippen molar-refractivity contribution in [2.24, 2.45) is 28.1 Å². The van der Waals surface area contributed by atoms with Gasteiger partial charge in [-0.1, -0.05) is 39.0 Å². The smallest absolute Gasteiger partial charge is 0.289 e. The molecule has 1 fully saturated rings. The fourth-order valence-corrected chi connectivity index (χ4v) is 4.28. The minimum Gasteiger partial charge on any atom is -0.370 e. The zero-order valence-corrected chi connectivity index (χ0v) is 21.2. The first-order valence-corrected chi connectivity index (χ1v) is 12.5. The van der Waals surface area contributed by atoms with Crippen LogP contribution in [0.5, 0.6) is 0 Å². The lowest BCUT2D eigenvalue weighted by atomic mass is 9.84. The first-order valence-electron chi connectivity index (χ1n) is 12.5. The first-order chi connectivity index (χ1) is 17.6. The van der Waals surface area contributed by atoms with E-state index in [-0.39, 0.29) is 43.0 Å². The van der Waals surface area contributed by atoms with Gasteiger partial charge in [0.2, 0.25) is 29.5 Å². The molecule has 3 atom stereocenters. The number of rotatable bonds is 14. The van der Waals surface area contributed by atoms with Gasteiger partial charge in [0.1, 0.15) is 18.1 Å². The number of guanidine groups is 1. The van der Waals surface area contributed by atoms with Gasteiger partial charge in [-0.25, -0.2) is 0 Å². The van der Waals surface area contributed by atoms with Crippen LogP contribution in [-0.2, 0) is 14.4 Å². The van der Waals surface area contributed by atoms with E-state index in [1.165, 1.54) is 0 Å². The van der Waals surface area contributed by atoms with E-state index in [9.17, 15) is 19.2 Å². The molecule has 0 bridgehead atoms. The number of primary amides is 1. The Balaban J connectivity index is 2.18. The van der Waals surface area contributed by atoms with Crippen molar-refractivity contribution in [2.45, 2.75) is 82.8 Å². The number of H-pyrrole nitrogens is 1. The van der Waals surface area contributed by atoms with Crippen molar-refractivity contribution in [3.63, 3.8) is 0 Å². The Morgan fingerprint density at radius 1 is 1.00 bits per heavy atom. The molecule has 4 amide bonds. The Labute approximate surface area is 215 Å². The second-order valence-electron chi connectivity index (χ2n) is 9.19. The molecule has 2 rings (SSSR count). The number of hydrogen-bond donors (Lipinski definition) is 8. The van der Waals surface area contributed by atoms with Gasteiger partial charge in [-0.15, -0.1) is 5.10 Å². The highest BCUT2D eigenvalue weighted by molar-refractivity contribution is 5.97. The Morgan fingerprint density at radius 2 is 1.65 bits per heavy atom. The van der Waals surface area contributed by atoms with Gasteiger partial charge in [0.05, 0.1) is 0 Å². The maximum atomic E-state index is 13.4. The predicted molar refractivity (Wildman–Crippen MR) is 136 cm³/mol. The largest absolute Gasteiger partial charge is 0.370 e. The minimum absolute atomic E-state index is 0.0897. The molecule has 12 N–H and O–H groups in total. The first kappa shape index (κ1) is 29.3. The Morgan fingerprint density at radius 3 is 2.22 bits per heavy atom. The number of nitrogens with two attached hydrogens (primary N) is 4. The molecule has 1 saturated carbocycles. The molecule has 1 aromatic rings. The number of amides is 4. The summed E-state index contributed by atoms with van der Waals surface area (Å²) in [6.07, 6.45) is 6.35. The topological polar surface area (TPSA) is 262 Å². The van der Waals surface area contributed by atoms with Crippen molar-refractivity contribution in [3.8, 4) is 0 Å². The second-order valence-corrected chi connectivity index (χ2v) is 9.19. The molecule has 206 valence electrons. The summed E-state index contributed by atoms with van der Waals surface area (Å²) < 4.78 is 0. The Bertz CT molecular complexity index is 954. The molecule has 15 heteroatoms. The number of hydrogen-bond acceptors (Lipinski definition) is 8. The summed E-state index contributed by atoms with van der Waals surface area (Å²) in [6, 6.07) is -2.84. The van der Waals surface area contributed by atoms with Gasteiger partial charge < -0.3 is 38.9 Å². The highest BCUT2D eigenvalue weighted by atomic mass is 16.2. The summed E-state index contributed by atoms with van der Waals surface area (Å²) in [6.45, 7) is 1.94. The summed E-state index contributed by atoms with van der Waals surface area (Å²) in [5.41, 5.74) is 21.6. The summed E-state index contributed by atoms with van der Waals surface area (Å²) in [5.74, 6) is -2.53. The molecule has 0 saturated heterocycles. The molecule has 0 spiro atoms. The number of aromatic amines is 1. The quantitative estimate of drug-likeness (QED) is 0.0792. The van der Waals surface area contributed by atoms with E-state index < -0.39 is 41.8 Å². The minimum atomic E-state index is -1.01. The zero-order chi connectivity index (χ0) is 27.4. The van der Waals surface area contributed by atoms with Gasteiger partial charge in [0.25, 0.3) is 5.91 Å². The van der Waals surface area contributed by atoms with Crippen LogP contribution in [0.15, 0.2) is 4.99 Å². The van der Waals surface area contributed by atoms with Crippen molar-refractivity contribution < 1.29 is 19.2 Å². The molecular formula is C22H39N11O4. The third kappa shape index (κ3) is 9.93. The van der Waals surface area contributed by atoms with Gasteiger partial charge in [-0.05, 0) is 31.6 Å². The second kappa shape index (κ2) is 14.6. The molecule has 0 aliphatic heterocycles. The summed E-state index contributed by atoms with van der Waals surface area (Å²) in [7, 11) is 0. The molecule has 1 aliphatic carbocycles. The Kier molecular flexibility index (Phi) is 11.6. The SMILES string of the molecule is CC[C@H](NC(=O)[C@H](CCCN=C(N)N)NC(=O)[C@H](CC1CCCCC1)NC(=O)c1nc(N)n[nH]1)C(N)=O. The van der Waals surface area contributed by atoms with Gasteiger partial charge in [0, 0.05) is 6.54 Å². The number of nitrogens with one attached hydrogen (secondary N) is 4. The molecule has 1 aromatic heterocycles. The fourth-order valence-electron chi connectivity index (χ4n) is 4.28. The molecule has 0 aromatic carbocycles. The summed E-state index contributed by atoms with van der Waals surface area (Å²) in [4.78, 5) is 58.5. The highest BCUT2D eigenvalue weighted by Crippen LogP contribution is 2.27. The van der Waals surface area contributed by atoms with Crippen molar-refractivity contribution >= 4 is 35.5 Å². The standard InChI is InChI=1S/C22H39N11O4/c1-2-13(16(23)34)28-18(35)14(9-6-10-27-21(24)25)29-19(36)15(11-12-7-4-3-5-8-12)30-20(37)17-31-22(26)33-32-17/h12-15H,2-11H2,1H3,(H2,23,34)(H,28,35)(H,29,36)(H,30,37)(H4,24,25,27)(H3,26,31,32,33)/t13-,14-,15-/m0/s1. The van der Waals surface area contributed by atoms with E-state index in [1.807, 2.05) is 0 Å². The molecule has 1 heterocycles. The molecule has 37 heavy (non-hydrogen) atoms. The van der Waals surface area contributed by atoms with E-state index >= 15 is 0 Å². The van der Waals surface area contributed by atoms with Crippen LogP contribution in [0.3, 0.4) is 0 Å². The number of nitrogens with zero attached hydrogens (tertiary/aromatic N) is 3. The number of carbonyl (C=O) groups is 4. The third-order valence-corrected chi connectivity index (χ3v) is 6.28. The lowest BCUT2D eigenvalue weighted by Crippen LogP contribution is -2.56. The molecule has 0 unspecified atom stereocenters. The van der Waals surface area contributed by atoms with Crippen molar-refractivity contribution in [2.75, 3.05) is 12.3 Å². The van der Waals surface area contributed by atoms with Crippen LogP contribution >= 0.6 is 0 Å². The third-order valence-electron chi connectivity index (χ3n) is 6.28. The highest BCUT2D eigenvalue weighted by Gasteiger charge is 2.31. The van der Waals surface area contributed by atoms with Crippen LogP contribution in [-0.4, -0.2) is 69.4 Å². The maximum Gasteiger partial charge on any atom is 0.289 e. The summed E-state index contributed by atoms with van der Waals surface area (Å²) in [5, 5.41) is 14.1. The van der Waals surface area contributed by atoms with Crippen molar-refractivity contribution in [1.82, 2.24) is 31.1 Å². The number of nitrogen functional groups attached to an aromatic ring is 1. The monoisotopic (exact) mass is 521 g/mol. The van der Waals surface area contributed by atoms with Crippen LogP contribution in [0.25, 0.3) is 0 Å². The number of aromatic nitrogens is 3. The van der Waals surface area contributed by atoms with Crippen LogP contribution in [0, 0.1) is 5.92 Å². The number of aliphatic imine (C=N–C) groups is 1. The Hall–Kier alpha value is -3.91. The number of anilines is 1. The van der Waals surface area contributed by atoms with E-state index in [1.54, 1.807) is 6.92 Å². The lowest BCUT2D eigenvalue weighted by Gasteiger charge is -2.28. The van der Waals surface area contributed by atoms with Gasteiger partial charge >= 0.3 is 0 Å². The average molecular weight is 522 g/mol. The van der Waals surface area contributed by atoms with Gasteiger partial charge in [-0.3, -0.25) is 29.3 Å². The van der Waals surface area contributed by atoms with E-state index in [0.717, 1.165) is 32.1 Å². The van der Waals surface area contributed by atoms with E-state index in [4.69, 9.17) is 22.9 Å². The van der Waals surface area contributed by atoms with Crippen LogP contribution < -0.4 is 38.9 Å².